The molecule has 4 aromatic rings. The van der Waals surface area contributed by atoms with Crippen LogP contribution in [0.15, 0.2) is 85.5 Å². The lowest BCUT2D eigenvalue weighted by Crippen LogP contribution is -2.17. The minimum absolute atomic E-state index is 0.0653. The molecule has 202 valence electrons. The molecule has 0 radical (unpaired) electrons. The third-order valence-corrected chi connectivity index (χ3v) is 4.90. The number of aromatic nitrogens is 2. The summed E-state index contributed by atoms with van der Waals surface area (Å²) in [5, 5.41) is 8.93. The first-order valence-corrected chi connectivity index (χ1v) is 11.0. The Labute approximate surface area is 213 Å². The Bertz CT molecular complexity index is 1330. The van der Waals surface area contributed by atoms with Gasteiger partial charge in [0.25, 0.3) is 0 Å². The van der Waals surface area contributed by atoms with Crippen molar-refractivity contribution in [2.45, 2.75) is 32.4 Å². The monoisotopic (exact) mass is 540 g/mol. The van der Waals surface area contributed by atoms with Gasteiger partial charge in [-0.25, -0.2) is 0 Å². The highest BCUT2D eigenvalue weighted by Crippen LogP contribution is 2.25. The first-order chi connectivity index (χ1) is 17.9. The lowest BCUT2D eigenvalue weighted by Gasteiger charge is -2.10. The van der Waals surface area contributed by atoms with Gasteiger partial charge in [0.15, 0.2) is 6.29 Å². The van der Waals surface area contributed by atoms with E-state index in [1.165, 1.54) is 36.4 Å². The van der Waals surface area contributed by atoms with Crippen LogP contribution in [0.25, 0.3) is 0 Å². The Morgan fingerprint density at radius 3 is 1.63 bits per heavy atom. The van der Waals surface area contributed by atoms with Crippen LogP contribution in [0, 0.1) is 0 Å². The Morgan fingerprint density at radius 1 is 0.711 bits per heavy atom. The normalized spacial score (nSPS) is 11.4. The fourth-order valence-corrected chi connectivity index (χ4v) is 3.41. The topological polar surface area (TPSA) is 65.6 Å². The molecule has 0 aliphatic carbocycles. The number of benzene rings is 2. The van der Waals surface area contributed by atoms with E-state index in [2.05, 4.69) is 9.47 Å². The van der Waals surface area contributed by atoms with Gasteiger partial charge in [-0.15, -0.1) is 26.3 Å². The third-order valence-electron chi connectivity index (χ3n) is 4.90. The molecule has 4 rings (SSSR count). The summed E-state index contributed by atoms with van der Waals surface area (Å²) in [5.41, 5.74) is 2.60. The van der Waals surface area contributed by atoms with Gasteiger partial charge in [-0.2, -0.15) is 0 Å². The van der Waals surface area contributed by atoms with Crippen molar-refractivity contribution in [1.82, 2.24) is 9.13 Å². The zero-order valence-corrected chi connectivity index (χ0v) is 19.6. The van der Waals surface area contributed by atoms with Gasteiger partial charge in [0.2, 0.25) is 0 Å². The van der Waals surface area contributed by atoms with Gasteiger partial charge < -0.3 is 23.7 Å². The van der Waals surface area contributed by atoms with Gasteiger partial charge in [-0.3, -0.25) is 4.79 Å². The van der Waals surface area contributed by atoms with Crippen LogP contribution in [0.5, 0.6) is 11.5 Å². The van der Waals surface area contributed by atoms with Gasteiger partial charge in [-0.05, 0) is 53.1 Å². The summed E-state index contributed by atoms with van der Waals surface area (Å²) >= 11 is 0. The maximum atomic E-state index is 12.1. The number of aldehydes is 1. The molecule has 0 atom stereocenters. The second-order valence-electron chi connectivity index (χ2n) is 7.98. The number of rotatable bonds is 8. The van der Waals surface area contributed by atoms with Crippen molar-refractivity contribution >= 4 is 6.29 Å². The predicted molar refractivity (Wildman–Crippen MR) is 125 cm³/mol. The van der Waals surface area contributed by atoms with Crippen molar-refractivity contribution in [1.29, 1.82) is 0 Å². The summed E-state index contributed by atoms with van der Waals surface area (Å²) in [5.74, 6) is -0.493. The van der Waals surface area contributed by atoms with E-state index >= 15 is 0 Å². The molecular formula is C26H22F6N2O4. The first kappa shape index (κ1) is 28.4. The van der Waals surface area contributed by atoms with Crippen LogP contribution in [0.1, 0.15) is 27.0 Å². The summed E-state index contributed by atoms with van der Waals surface area (Å²) in [7, 11) is 0. The molecule has 0 aliphatic heterocycles. The highest BCUT2D eigenvalue weighted by molar-refractivity contribution is 5.74. The van der Waals surface area contributed by atoms with Gasteiger partial charge in [0, 0.05) is 43.4 Å². The molecule has 0 amide bonds. The third kappa shape index (κ3) is 9.69. The minimum Gasteiger partial charge on any atom is -0.406 e. The van der Waals surface area contributed by atoms with Crippen LogP contribution < -0.4 is 9.47 Å². The van der Waals surface area contributed by atoms with Gasteiger partial charge in [0.05, 0.1) is 6.61 Å². The molecule has 0 saturated carbocycles. The second-order valence-corrected chi connectivity index (χ2v) is 7.98. The average Bonchev–Trinajstić information content (AvgIpc) is 3.47. The fourth-order valence-electron chi connectivity index (χ4n) is 3.41. The molecule has 0 spiro atoms. The van der Waals surface area contributed by atoms with E-state index in [9.17, 15) is 31.1 Å². The molecule has 38 heavy (non-hydrogen) atoms. The van der Waals surface area contributed by atoms with E-state index in [-0.39, 0.29) is 18.1 Å². The van der Waals surface area contributed by atoms with E-state index < -0.39 is 12.7 Å². The van der Waals surface area contributed by atoms with Crippen LogP contribution in [0.3, 0.4) is 0 Å². The largest absolute Gasteiger partial charge is 0.573 e. The quantitative estimate of drug-likeness (QED) is 0.214. The number of aliphatic hydroxyl groups is 1. The lowest BCUT2D eigenvalue weighted by molar-refractivity contribution is -0.275. The smallest absolute Gasteiger partial charge is 0.406 e. The molecule has 2 aromatic heterocycles. The van der Waals surface area contributed by atoms with Gasteiger partial charge >= 0.3 is 12.7 Å². The fraction of sp³-hybridized carbons (Fsp3) is 0.192. The van der Waals surface area contributed by atoms with Crippen LogP contribution >= 0.6 is 0 Å². The molecule has 0 unspecified atom stereocenters. The highest BCUT2D eigenvalue weighted by Gasteiger charge is 2.31. The molecule has 6 nitrogen and oxygen atoms in total. The summed E-state index contributed by atoms with van der Waals surface area (Å²) < 4.78 is 83.7. The van der Waals surface area contributed by atoms with Crippen LogP contribution in [-0.2, 0) is 19.7 Å². The number of hydrogen-bond acceptors (Lipinski definition) is 4. The number of aliphatic hydroxyl groups excluding tert-OH is 1. The molecule has 1 N–H and O–H groups in total. The standard InChI is InChI=1S/C13H12F3NO2.C13H10F3NO2/c2*14-13(15,16)19-12-3-1-2-10(6-12)7-17-5-4-11(8-17)9-18/h1-6,8,18H,7,9H2;1-6,8-9H,7H2. The highest BCUT2D eigenvalue weighted by atomic mass is 19.4. The van der Waals surface area contributed by atoms with E-state index in [4.69, 9.17) is 5.11 Å². The maximum Gasteiger partial charge on any atom is 0.573 e. The van der Waals surface area contributed by atoms with Crippen molar-refractivity contribution in [3.63, 3.8) is 0 Å². The minimum atomic E-state index is -4.70. The molecule has 2 aromatic carbocycles. The molecule has 0 fully saturated rings. The zero-order valence-electron chi connectivity index (χ0n) is 19.6. The summed E-state index contributed by atoms with van der Waals surface area (Å²) in [6.45, 7) is 0.710. The molecule has 0 saturated heterocycles. The van der Waals surface area contributed by atoms with E-state index in [1.54, 1.807) is 58.2 Å². The van der Waals surface area contributed by atoms with Crippen molar-refractivity contribution in [2.75, 3.05) is 0 Å². The number of halogens is 6. The van der Waals surface area contributed by atoms with E-state index in [1.807, 2.05) is 0 Å². The molecule has 12 heteroatoms. The molecular weight excluding hydrogens is 518 g/mol. The number of hydrogen-bond donors (Lipinski definition) is 1. The average molecular weight is 540 g/mol. The van der Waals surface area contributed by atoms with Crippen LogP contribution in [0.2, 0.25) is 0 Å². The van der Waals surface area contributed by atoms with Gasteiger partial charge in [-0.1, -0.05) is 24.3 Å². The van der Waals surface area contributed by atoms with Crippen molar-refractivity contribution in [3.8, 4) is 11.5 Å². The summed E-state index contributed by atoms with van der Waals surface area (Å²) in [6.07, 6.45) is -1.89. The predicted octanol–water partition coefficient (Wildman–Crippen LogP) is 6.17. The molecule has 0 aliphatic rings. The second kappa shape index (κ2) is 12.4. The number of carbonyl (C=O) groups excluding carboxylic acids is 1. The Hall–Kier alpha value is -4.19. The van der Waals surface area contributed by atoms with Crippen LogP contribution in [-0.4, -0.2) is 33.3 Å². The van der Waals surface area contributed by atoms with Crippen molar-refractivity contribution < 1.29 is 45.7 Å². The van der Waals surface area contributed by atoms with Crippen LogP contribution in [0.4, 0.5) is 26.3 Å². The number of ether oxygens (including phenoxy) is 2. The number of nitrogens with zero attached hydrogens (tertiary/aromatic N) is 2. The molecule has 0 bridgehead atoms. The lowest BCUT2D eigenvalue weighted by atomic mass is 10.2. The Kier molecular flexibility index (Phi) is 9.24. The van der Waals surface area contributed by atoms with Crippen molar-refractivity contribution in [2.24, 2.45) is 0 Å². The summed E-state index contributed by atoms with van der Waals surface area (Å²) in [4.78, 5) is 10.5. The Morgan fingerprint density at radius 2 is 1.21 bits per heavy atom. The Balaban J connectivity index is 0.000000211. The van der Waals surface area contributed by atoms with Gasteiger partial charge in [0.1, 0.15) is 11.5 Å². The zero-order chi connectivity index (χ0) is 27.8. The number of alkyl halides is 6. The van der Waals surface area contributed by atoms with E-state index in [0.29, 0.717) is 36.1 Å². The van der Waals surface area contributed by atoms with E-state index in [0.717, 1.165) is 5.56 Å². The SMILES string of the molecule is O=Cc1ccn(Cc2cccc(OC(F)(F)F)c2)c1.OCc1ccn(Cc2cccc(OC(F)(F)F)c2)c1. The first-order valence-electron chi connectivity index (χ1n) is 11.0. The van der Waals surface area contributed by atoms with Crippen molar-refractivity contribution in [3.05, 3.63) is 108 Å². The summed E-state index contributed by atoms with van der Waals surface area (Å²) in [6, 6.07) is 14.9. The molecule has 2 heterocycles. The number of carbonyl (C=O) groups is 1. The maximum absolute atomic E-state index is 12.1.